The van der Waals surface area contributed by atoms with E-state index in [9.17, 15) is 4.79 Å². The molecular weight excluding hydrogens is 412 g/mol. The van der Waals surface area contributed by atoms with Crippen molar-refractivity contribution in [1.29, 1.82) is 0 Å². The third-order valence-electron chi connectivity index (χ3n) is 6.69. The topological polar surface area (TPSA) is 66.8 Å². The van der Waals surface area contributed by atoms with Crippen LogP contribution in [0.3, 0.4) is 0 Å². The predicted octanol–water partition coefficient (Wildman–Crippen LogP) is 8.27. The summed E-state index contributed by atoms with van der Waals surface area (Å²) in [5.41, 5.74) is 0. The zero-order valence-electron chi connectivity index (χ0n) is 22.2. The Morgan fingerprint density at radius 1 is 0.515 bits per heavy atom. The fraction of sp³-hybridized carbons (Fsp3) is 0.966. The molecule has 0 amide bonds. The molecule has 4 heteroatoms. The minimum atomic E-state index is -0.762. The SMILES string of the molecule is CCCCCCCCCCCCCCCCCCCCCCCCCC(=O)OC(CO)CO. The number of hydrogen-bond donors (Lipinski definition) is 2. The highest BCUT2D eigenvalue weighted by Crippen LogP contribution is 2.15. The molecule has 0 saturated heterocycles. The molecule has 0 aliphatic carbocycles. The van der Waals surface area contributed by atoms with Crippen molar-refractivity contribution in [2.24, 2.45) is 0 Å². The van der Waals surface area contributed by atoms with Crippen molar-refractivity contribution in [2.75, 3.05) is 13.2 Å². The van der Waals surface area contributed by atoms with Gasteiger partial charge in [-0.05, 0) is 6.42 Å². The van der Waals surface area contributed by atoms with Gasteiger partial charge in [0.1, 0.15) is 6.10 Å². The minimum absolute atomic E-state index is 0.313. The molecule has 0 atom stereocenters. The molecule has 0 bridgehead atoms. The highest BCUT2D eigenvalue weighted by atomic mass is 16.6. The highest BCUT2D eigenvalue weighted by Gasteiger charge is 2.11. The van der Waals surface area contributed by atoms with Crippen molar-refractivity contribution in [2.45, 2.75) is 167 Å². The van der Waals surface area contributed by atoms with Crippen molar-refractivity contribution in [1.82, 2.24) is 0 Å². The lowest BCUT2D eigenvalue weighted by molar-refractivity contribution is -0.153. The van der Waals surface area contributed by atoms with E-state index in [1.54, 1.807) is 0 Å². The second-order valence-corrected chi connectivity index (χ2v) is 10.0. The van der Waals surface area contributed by atoms with Gasteiger partial charge in [-0.1, -0.05) is 148 Å². The van der Waals surface area contributed by atoms with Crippen LogP contribution in [0, 0.1) is 0 Å². The number of carbonyl (C=O) groups is 1. The zero-order chi connectivity index (χ0) is 24.2. The molecule has 0 aromatic heterocycles. The number of unbranched alkanes of at least 4 members (excludes halogenated alkanes) is 22. The van der Waals surface area contributed by atoms with Gasteiger partial charge in [0.2, 0.25) is 0 Å². The summed E-state index contributed by atoms with van der Waals surface area (Å²) >= 11 is 0. The average molecular weight is 471 g/mol. The van der Waals surface area contributed by atoms with Crippen LogP contribution in [0.1, 0.15) is 161 Å². The third kappa shape index (κ3) is 25.8. The maximum atomic E-state index is 11.5. The van der Waals surface area contributed by atoms with Gasteiger partial charge >= 0.3 is 5.97 Å². The molecule has 0 spiro atoms. The Hall–Kier alpha value is -0.610. The summed E-state index contributed by atoms with van der Waals surface area (Å²) in [4.78, 5) is 11.5. The molecule has 0 aromatic carbocycles. The molecule has 0 rings (SSSR count). The quantitative estimate of drug-likeness (QED) is 0.0936. The molecule has 0 radical (unpaired) electrons. The molecule has 0 aliphatic heterocycles. The van der Waals surface area contributed by atoms with E-state index in [-0.39, 0.29) is 19.2 Å². The van der Waals surface area contributed by atoms with Crippen LogP contribution in [0.5, 0.6) is 0 Å². The standard InChI is InChI=1S/C29H58O4/c1-2-3-4-5-6-7-8-9-10-11-12-13-14-15-16-17-18-19-20-21-22-23-24-25-29(32)33-28(26-30)27-31/h28,30-31H,2-27H2,1H3. The van der Waals surface area contributed by atoms with Crippen LogP contribution in [0.4, 0.5) is 0 Å². The zero-order valence-corrected chi connectivity index (χ0v) is 22.2. The van der Waals surface area contributed by atoms with Gasteiger partial charge in [0, 0.05) is 6.42 Å². The summed E-state index contributed by atoms with van der Waals surface area (Å²) in [6.45, 7) is 1.65. The van der Waals surface area contributed by atoms with Crippen LogP contribution in [-0.2, 0) is 9.53 Å². The number of rotatable bonds is 27. The van der Waals surface area contributed by atoms with E-state index in [2.05, 4.69) is 6.92 Å². The van der Waals surface area contributed by atoms with Crippen molar-refractivity contribution < 1.29 is 19.7 Å². The summed E-state index contributed by atoms with van der Waals surface area (Å²) in [6.07, 6.45) is 30.9. The molecule has 198 valence electrons. The lowest BCUT2D eigenvalue weighted by atomic mass is 10.0. The van der Waals surface area contributed by atoms with Gasteiger partial charge in [-0.2, -0.15) is 0 Å². The molecule has 33 heavy (non-hydrogen) atoms. The van der Waals surface area contributed by atoms with Gasteiger partial charge < -0.3 is 14.9 Å². The van der Waals surface area contributed by atoms with Crippen LogP contribution in [0.15, 0.2) is 0 Å². The molecule has 0 heterocycles. The minimum Gasteiger partial charge on any atom is -0.457 e. The van der Waals surface area contributed by atoms with Crippen LogP contribution < -0.4 is 0 Å². The third-order valence-corrected chi connectivity index (χ3v) is 6.69. The van der Waals surface area contributed by atoms with Gasteiger partial charge in [-0.3, -0.25) is 4.79 Å². The normalized spacial score (nSPS) is 11.4. The summed E-state index contributed by atoms with van der Waals surface area (Å²) in [5, 5.41) is 17.8. The molecule has 0 aliphatic rings. The van der Waals surface area contributed by atoms with E-state index in [0.29, 0.717) is 6.42 Å². The van der Waals surface area contributed by atoms with Crippen LogP contribution >= 0.6 is 0 Å². The van der Waals surface area contributed by atoms with E-state index in [1.165, 1.54) is 135 Å². The van der Waals surface area contributed by atoms with Gasteiger partial charge in [-0.15, -0.1) is 0 Å². The predicted molar refractivity (Wildman–Crippen MR) is 141 cm³/mol. The molecule has 0 saturated carbocycles. The first-order valence-corrected chi connectivity index (χ1v) is 14.7. The lowest BCUT2D eigenvalue weighted by Gasteiger charge is -2.12. The van der Waals surface area contributed by atoms with Gasteiger partial charge in [-0.25, -0.2) is 0 Å². The number of carbonyl (C=O) groups excluding carboxylic acids is 1. The average Bonchev–Trinajstić information content (AvgIpc) is 2.83. The molecule has 0 fully saturated rings. The second-order valence-electron chi connectivity index (χ2n) is 10.0. The van der Waals surface area contributed by atoms with E-state index in [0.717, 1.165) is 12.8 Å². The van der Waals surface area contributed by atoms with Crippen molar-refractivity contribution in [3.8, 4) is 0 Å². The molecule has 4 nitrogen and oxygen atoms in total. The molecular formula is C29H58O4. The maximum Gasteiger partial charge on any atom is 0.306 e. The van der Waals surface area contributed by atoms with Crippen LogP contribution in [0.2, 0.25) is 0 Å². The maximum absolute atomic E-state index is 11.5. The lowest BCUT2D eigenvalue weighted by Crippen LogP contribution is -2.25. The smallest absolute Gasteiger partial charge is 0.306 e. The summed E-state index contributed by atoms with van der Waals surface area (Å²) in [5.74, 6) is -0.313. The van der Waals surface area contributed by atoms with E-state index < -0.39 is 6.10 Å². The largest absolute Gasteiger partial charge is 0.457 e. The first kappa shape index (κ1) is 32.4. The number of ether oxygens (including phenoxy) is 1. The number of hydrogen-bond acceptors (Lipinski definition) is 4. The first-order valence-electron chi connectivity index (χ1n) is 14.7. The fourth-order valence-corrected chi connectivity index (χ4v) is 4.43. The first-order chi connectivity index (χ1) is 16.2. The molecule has 0 aromatic rings. The van der Waals surface area contributed by atoms with Gasteiger partial charge in [0.05, 0.1) is 13.2 Å². The van der Waals surface area contributed by atoms with Crippen molar-refractivity contribution >= 4 is 5.97 Å². The Morgan fingerprint density at radius 3 is 1.06 bits per heavy atom. The monoisotopic (exact) mass is 470 g/mol. The summed E-state index contributed by atoms with van der Waals surface area (Å²) in [6, 6.07) is 0. The second kappa shape index (κ2) is 27.6. The highest BCUT2D eigenvalue weighted by molar-refractivity contribution is 5.69. The summed E-state index contributed by atoms with van der Waals surface area (Å²) in [7, 11) is 0. The number of aliphatic hydroxyl groups excluding tert-OH is 2. The molecule has 2 N–H and O–H groups in total. The Kier molecular flexibility index (Phi) is 27.1. The van der Waals surface area contributed by atoms with E-state index in [4.69, 9.17) is 14.9 Å². The van der Waals surface area contributed by atoms with Crippen molar-refractivity contribution in [3.05, 3.63) is 0 Å². The number of esters is 1. The van der Waals surface area contributed by atoms with Crippen LogP contribution in [0.25, 0.3) is 0 Å². The number of aliphatic hydroxyl groups is 2. The van der Waals surface area contributed by atoms with E-state index in [1.807, 2.05) is 0 Å². The Morgan fingerprint density at radius 2 is 0.788 bits per heavy atom. The Balaban J connectivity index is 3.12. The van der Waals surface area contributed by atoms with Gasteiger partial charge in [0.15, 0.2) is 0 Å². The van der Waals surface area contributed by atoms with Crippen LogP contribution in [-0.4, -0.2) is 35.5 Å². The fourth-order valence-electron chi connectivity index (χ4n) is 4.43. The van der Waals surface area contributed by atoms with E-state index >= 15 is 0 Å². The van der Waals surface area contributed by atoms with Crippen molar-refractivity contribution in [3.63, 3.8) is 0 Å². The van der Waals surface area contributed by atoms with Gasteiger partial charge in [0.25, 0.3) is 0 Å². The summed E-state index contributed by atoms with van der Waals surface area (Å²) < 4.78 is 4.96. The Labute approximate surface area is 206 Å². The Bertz CT molecular complexity index is 382. The molecule has 0 unspecified atom stereocenters.